The van der Waals surface area contributed by atoms with Gasteiger partial charge in [0.1, 0.15) is 0 Å². The van der Waals surface area contributed by atoms with E-state index in [2.05, 4.69) is 28.1 Å². The number of aliphatic hydroxyl groups is 1. The second kappa shape index (κ2) is 16.6. The Balaban J connectivity index is 1.34. The van der Waals surface area contributed by atoms with Crippen LogP contribution in [0.25, 0.3) is 0 Å². The highest BCUT2D eigenvalue weighted by Gasteiger charge is 2.16. The van der Waals surface area contributed by atoms with Crippen LogP contribution in [0.3, 0.4) is 0 Å². The fourth-order valence-electron chi connectivity index (χ4n) is 4.27. The quantitative estimate of drug-likeness (QED) is 0.140. The maximum Gasteiger partial charge on any atom is 0.0918 e. The molecule has 0 aliphatic carbocycles. The van der Waals surface area contributed by atoms with Gasteiger partial charge in [-0.3, -0.25) is 9.88 Å². The Morgan fingerprint density at radius 2 is 1.54 bits per heavy atom. The van der Waals surface area contributed by atoms with Crippen molar-refractivity contribution >= 4 is 28.9 Å². The topological polar surface area (TPSA) is 71.6 Å². The van der Waals surface area contributed by atoms with E-state index in [9.17, 15) is 5.11 Å². The lowest BCUT2D eigenvalue weighted by Crippen LogP contribution is -2.29. The molecule has 0 spiro atoms. The number of halogens is 2. The predicted molar refractivity (Wildman–Crippen MR) is 154 cm³/mol. The summed E-state index contributed by atoms with van der Waals surface area (Å²) in [5.41, 5.74) is 9.25. The lowest BCUT2D eigenvalue weighted by atomic mass is 10.1. The van der Waals surface area contributed by atoms with Gasteiger partial charge in [-0.25, -0.2) is 0 Å². The van der Waals surface area contributed by atoms with E-state index in [1.165, 1.54) is 5.56 Å². The molecule has 0 aliphatic heterocycles. The number of aliphatic hydroxyl groups excluding tert-OH is 1. The molecule has 0 radical (unpaired) electrons. The van der Waals surface area contributed by atoms with E-state index in [-0.39, 0.29) is 0 Å². The number of pyridine rings is 1. The molecule has 0 saturated carbocycles. The molecule has 0 amide bonds. The standard InChI is InChI=1S/C30H39Cl2N3O2/c31-27-20-25(21-28(32)30(27)33)29(36)23-35(22-24-12-4-3-5-13-24)17-9-1-2-10-18-37-19-11-7-15-26-14-6-8-16-34-26/h3-6,8,12-14,16,20-21,29,36H,1-2,7,9-11,15,17-19,22-23,33H2. The fraction of sp³-hybridized carbons (Fsp3) is 0.433. The molecule has 0 saturated heterocycles. The minimum Gasteiger partial charge on any atom is -0.396 e. The number of nitrogens with zero attached hydrogens (tertiary/aromatic N) is 2. The van der Waals surface area contributed by atoms with E-state index in [0.29, 0.717) is 27.8 Å². The van der Waals surface area contributed by atoms with Crippen molar-refractivity contribution < 1.29 is 9.84 Å². The zero-order chi connectivity index (χ0) is 26.3. The van der Waals surface area contributed by atoms with Gasteiger partial charge in [0, 0.05) is 38.2 Å². The van der Waals surface area contributed by atoms with Crippen LogP contribution in [-0.2, 0) is 17.7 Å². The van der Waals surface area contributed by atoms with Gasteiger partial charge in [-0.15, -0.1) is 0 Å². The largest absolute Gasteiger partial charge is 0.396 e. The maximum atomic E-state index is 10.9. The van der Waals surface area contributed by atoms with E-state index in [1.54, 1.807) is 12.1 Å². The summed E-state index contributed by atoms with van der Waals surface area (Å²) in [6.07, 6.45) is 8.73. The average Bonchev–Trinajstić information content (AvgIpc) is 2.91. The molecular formula is C30H39Cl2N3O2. The lowest BCUT2D eigenvalue weighted by molar-refractivity contribution is 0.107. The van der Waals surface area contributed by atoms with Gasteiger partial charge in [0.15, 0.2) is 0 Å². The number of anilines is 1. The Kier molecular flexibility index (Phi) is 13.2. The van der Waals surface area contributed by atoms with Crippen molar-refractivity contribution in [3.8, 4) is 0 Å². The summed E-state index contributed by atoms with van der Waals surface area (Å²) in [6.45, 7) is 3.79. The molecule has 37 heavy (non-hydrogen) atoms. The molecule has 3 N–H and O–H groups in total. The summed E-state index contributed by atoms with van der Waals surface area (Å²) in [6, 6.07) is 19.8. The van der Waals surface area contributed by atoms with Crippen LogP contribution in [0.2, 0.25) is 10.0 Å². The number of hydrogen-bond donors (Lipinski definition) is 2. The number of rotatable bonds is 17. The Bertz CT molecular complexity index is 1010. The van der Waals surface area contributed by atoms with E-state index in [1.807, 2.05) is 36.5 Å². The van der Waals surface area contributed by atoms with E-state index in [4.69, 9.17) is 33.7 Å². The summed E-state index contributed by atoms with van der Waals surface area (Å²) in [4.78, 5) is 6.65. The van der Waals surface area contributed by atoms with Gasteiger partial charge in [-0.1, -0.05) is 72.4 Å². The van der Waals surface area contributed by atoms with Gasteiger partial charge in [0.2, 0.25) is 0 Å². The van der Waals surface area contributed by atoms with E-state index in [0.717, 1.165) is 76.9 Å². The highest BCUT2D eigenvalue weighted by atomic mass is 35.5. The van der Waals surface area contributed by atoms with Crippen LogP contribution in [0.15, 0.2) is 66.9 Å². The molecule has 1 atom stereocenters. The van der Waals surface area contributed by atoms with Crippen molar-refractivity contribution in [2.45, 2.75) is 57.6 Å². The molecule has 1 unspecified atom stereocenters. The van der Waals surface area contributed by atoms with Crippen LogP contribution in [0, 0.1) is 0 Å². The normalized spacial score (nSPS) is 12.2. The third-order valence-electron chi connectivity index (χ3n) is 6.38. The summed E-state index contributed by atoms with van der Waals surface area (Å²) in [5.74, 6) is 0. The van der Waals surface area contributed by atoms with Crippen molar-refractivity contribution in [3.63, 3.8) is 0 Å². The summed E-state index contributed by atoms with van der Waals surface area (Å²) in [7, 11) is 0. The van der Waals surface area contributed by atoms with E-state index < -0.39 is 6.10 Å². The number of nitrogen functional groups attached to an aromatic ring is 1. The number of aryl methyl sites for hydroxylation is 1. The molecule has 0 fully saturated rings. The molecule has 0 bridgehead atoms. The molecule has 0 aliphatic rings. The molecule has 200 valence electrons. The van der Waals surface area contributed by atoms with Crippen LogP contribution in [0.1, 0.15) is 61.4 Å². The van der Waals surface area contributed by atoms with Crippen molar-refractivity contribution in [1.82, 2.24) is 9.88 Å². The lowest BCUT2D eigenvalue weighted by Gasteiger charge is -2.26. The van der Waals surface area contributed by atoms with Gasteiger partial charge in [0.05, 0.1) is 21.8 Å². The van der Waals surface area contributed by atoms with Crippen molar-refractivity contribution in [2.75, 3.05) is 32.0 Å². The Morgan fingerprint density at radius 1 is 0.865 bits per heavy atom. The van der Waals surface area contributed by atoms with Gasteiger partial charge in [0.25, 0.3) is 0 Å². The molecule has 2 aromatic carbocycles. The number of aromatic nitrogens is 1. The number of ether oxygens (including phenoxy) is 1. The van der Waals surface area contributed by atoms with Crippen LogP contribution >= 0.6 is 23.2 Å². The number of benzene rings is 2. The predicted octanol–water partition coefficient (Wildman–Crippen LogP) is 7.11. The van der Waals surface area contributed by atoms with Crippen molar-refractivity contribution in [2.24, 2.45) is 0 Å². The monoisotopic (exact) mass is 543 g/mol. The Hall–Kier alpha value is -2.15. The molecule has 3 aromatic rings. The molecular weight excluding hydrogens is 505 g/mol. The SMILES string of the molecule is Nc1c(Cl)cc(C(O)CN(CCCCCCOCCCCc2ccccn2)Cc2ccccc2)cc1Cl. The highest BCUT2D eigenvalue weighted by molar-refractivity contribution is 6.38. The first kappa shape index (κ1) is 29.4. The second-order valence-electron chi connectivity index (χ2n) is 9.44. The third kappa shape index (κ3) is 11.0. The van der Waals surface area contributed by atoms with Crippen molar-refractivity contribution in [3.05, 3.63) is 93.7 Å². The third-order valence-corrected chi connectivity index (χ3v) is 7.00. The summed E-state index contributed by atoms with van der Waals surface area (Å²) < 4.78 is 5.81. The second-order valence-corrected chi connectivity index (χ2v) is 10.3. The van der Waals surface area contributed by atoms with Gasteiger partial charge in [-0.2, -0.15) is 0 Å². The van der Waals surface area contributed by atoms with Crippen molar-refractivity contribution in [1.29, 1.82) is 0 Å². The van der Waals surface area contributed by atoms with Crippen LogP contribution < -0.4 is 5.73 Å². The average molecular weight is 545 g/mol. The first-order chi connectivity index (χ1) is 18.0. The van der Waals surface area contributed by atoms with Gasteiger partial charge < -0.3 is 15.6 Å². The van der Waals surface area contributed by atoms with Gasteiger partial charge >= 0.3 is 0 Å². The highest BCUT2D eigenvalue weighted by Crippen LogP contribution is 2.31. The minimum atomic E-state index is -0.703. The minimum absolute atomic E-state index is 0.342. The Morgan fingerprint density at radius 3 is 2.24 bits per heavy atom. The molecule has 3 rings (SSSR count). The number of unbranched alkanes of at least 4 members (excludes halogenated alkanes) is 4. The van der Waals surface area contributed by atoms with Crippen LogP contribution in [-0.4, -0.2) is 41.3 Å². The Labute approximate surface area is 231 Å². The van der Waals surface area contributed by atoms with Crippen LogP contribution in [0.5, 0.6) is 0 Å². The number of hydrogen-bond acceptors (Lipinski definition) is 5. The number of nitrogens with two attached hydrogens (primary N) is 1. The zero-order valence-electron chi connectivity index (χ0n) is 21.5. The maximum absolute atomic E-state index is 10.9. The summed E-state index contributed by atoms with van der Waals surface area (Å²) >= 11 is 12.4. The fourth-order valence-corrected chi connectivity index (χ4v) is 4.78. The van der Waals surface area contributed by atoms with Crippen LogP contribution in [0.4, 0.5) is 5.69 Å². The molecule has 5 nitrogen and oxygen atoms in total. The molecule has 1 aromatic heterocycles. The molecule has 7 heteroatoms. The smallest absolute Gasteiger partial charge is 0.0918 e. The van der Waals surface area contributed by atoms with E-state index >= 15 is 0 Å². The summed E-state index contributed by atoms with van der Waals surface area (Å²) in [5, 5.41) is 11.6. The first-order valence-corrected chi connectivity index (χ1v) is 13.9. The zero-order valence-corrected chi connectivity index (χ0v) is 23.0. The first-order valence-electron chi connectivity index (χ1n) is 13.2. The molecule has 1 heterocycles. The van der Waals surface area contributed by atoms with Gasteiger partial charge in [-0.05, 0) is 74.0 Å².